The Morgan fingerprint density at radius 3 is 2.65 bits per heavy atom. The van der Waals surface area contributed by atoms with E-state index in [1.807, 2.05) is 42.5 Å². The molecule has 6 heteroatoms. The lowest BCUT2D eigenvalue weighted by Gasteiger charge is -2.10. The molecular weight excluding hydrogens is 326 g/mol. The fourth-order valence-corrected chi connectivity index (χ4v) is 2.74. The minimum atomic E-state index is -0.457. The number of anilines is 2. The van der Waals surface area contributed by atoms with E-state index < -0.39 is 5.69 Å². The van der Waals surface area contributed by atoms with Crippen LogP contribution < -0.4 is 11.0 Å². The Kier molecular flexibility index (Phi) is 3.88. The number of rotatable bonds is 3. The first kappa shape index (κ1) is 15.5. The van der Waals surface area contributed by atoms with Crippen LogP contribution in [0.4, 0.5) is 11.5 Å². The van der Waals surface area contributed by atoms with E-state index in [9.17, 15) is 4.79 Å². The first-order chi connectivity index (χ1) is 12.7. The smallest absolute Gasteiger partial charge is 0.341 e. The van der Waals surface area contributed by atoms with Gasteiger partial charge in [-0.2, -0.15) is 10.2 Å². The molecule has 0 bridgehead atoms. The lowest BCUT2D eigenvalue weighted by molar-refractivity contribution is 1.10. The third-order valence-corrected chi connectivity index (χ3v) is 3.97. The van der Waals surface area contributed by atoms with Crippen LogP contribution in [-0.2, 0) is 0 Å². The van der Waals surface area contributed by atoms with Gasteiger partial charge in [0.15, 0.2) is 5.65 Å². The van der Waals surface area contributed by atoms with Crippen molar-refractivity contribution in [2.24, 2.45) is 0 Å². The van der Waals surface area contributed by atoms with Crippen molar-refractivity contribution in [1.82, 2.24) is 15.0 Å². The van der Waals surface area contributed by atoms with Gasteiger partial charge in [0.25, 0.3) is 0 Å². The number of nitriles is 1. The van der Waals surface area contributed by atoms with Gasteiger partial charge in [-0.25, -0.2) is 9.78 Å². The fourth-order valence-electron chi connectivity index (χ4n) is 2.74. The highest BCUT2D eigenvalue weighted by Gasteiger charge is 2.06. The molecule has 124 valence electrons. The molecule has 4 rings (SSSR count). The van der Waals surface area contributed by atoms with Crippen LogP contribution in [0.25, 0.3) is 22.2 Å². The number of nitrogens with zero attached hydrogens (tertiary/aromatic N) is 3. The molecule has 0 saturated carbocycles. The van der Waals surface area contributed by atoms with Gasteiger partial charge < -0.3 is 5.32 Å². The molecule has 0 fully saturated rings. The predicted molar refractivity (Wildman–Crippen MR) is 100 cm³/mol. The largest absolute Gasteiger partial charge is 0.348 e. The van der Waals surface area contributed by atoms with Crippen LogP contribution in [0.3, 0.4) is 0 Å². The molecule has 2 heterocycles. The average molecular weight is 339 g/mol. The second-order valence-corrected chi connectivity index (χ2v) is 5.69. The summed E-state index contributed by atoms with van der Waals surface area (Å²) in [4.78, 5) is 22.5. The summed E-state index contributed by atoms with van der Waals surface area (Å²) in [5.74, 6) is 0.546. The van der Waals surface area contributed by atoms with Crippen molar-refractivity contribution < 1.29 is 0 Å². The van der Waals surface area contributed by atoms with Crippen LogP contribution in [0.2, 0.25) is 0 Å². The Morgan fingerprint density at radius 2 is 1.85 bits per heavy atom. The van der Waals surface area contributed by atoms with Gasteiger partial charge in [0, 0.05) is 11.9 Å². The Hall–Kier alpha value is -3.98. The van der Waals surface area contributed by atoms with E-state index in [0.717, 1.165) is 22.2 Å². The summed E-state index contributed by atoms with van der Waals surface area (Å²) >= 11 is 0. The summed E-state index contributed by atoms with van der Waals surface area (Å²) in [5, 5.41) is 12.9. The zero-order valence-electron chi connectivity index (χ0n) is 13.6. The number of aromatic amines is 1. The Balaban J connectivity index is 1.72. The predicted octanol–water partition coefficient (Wildman–Crippen LogP) is 3.60. The van der Waals surface area contributed by atoms with E-state index in [-0.39, 0.29) is 0 Å². The van der Waals surface area contributed by atoms with Crippen molar-refractivity contribution in [2.75, 3.05) is 5.32 Å². The van der Waals surface area contributed by atoms with Crippen LogP contribution in [0.1, 0.15) is 5.56 Å². The van der Waals surface area contributed by atoms with Gasteiger partial charge in [0.2, 0.25) is 0 Å². The van der Waals surface area contributed by atoms with E-state index in [2.05, 4.69) is 26.3 Å². The van der Waals surface area contributed by atoms with Gasteiger partial charge in [0.1, 0.15) is 5.82 Å². The quantitative estimate of drug-likeness (QED) is 0.595. The first-order valence-electron chi connectivity index (χ1n) is 7.95. The molecule has 2 aromatic carbocycles. The monoisotopic (exact) mass is 339 g/mol. The van der Waals surface area contributed by atoms with E-state index in [4.69, 9.17) is 5.26 Å². The van der Waals surface area contributed by atoms with Crippen molar-refractivity contribution in [3.63, 3.8) is 0 Å². The fraction of sp³-hybridized carbons (Fsp3) is 0. The van der Waals surface area contributed by atoms with Crippen molar-refractivity contribution >= 4 is 22.5 Å². The van der Waals surface area contributed by atoms with Gasteiger partial charge >= 0.3 is 5.69 Å². The zero-order chi connectivity index (χ0) is 17.9. The summed E-state index contributed by atoms with van der Waals surface area (Å²) in [5.41, 5.74) is 3.37. The second-order valence-electron chi connectivity index (χ2n) is 5.69. The lowest BCUT2D eigenvalue weighted by Crippen LogP contribution is -2.13. The molecular formula is C20H13N5O. The minimum Gasteiger partial charge on any atom is -0.341 e. The number of fused-ring (bicyclic) bond motifs is 1. The maximum Gasteiger partial charge on any atom is 0.348 e. The van der Waals surface area contributed by atoms with Crippen LogP contribution in [-0.4, -0.2) is 15.0 Å². The Bertz CT molecular complexity index is 1190. The maximum absolute atomic E-state index is 11.8. The van der Waals surface area contributed by atoms with Crippen LogP contribution in [0.5, 0.6) is 0 Å². The number of H-pyrrole nitrogens is 1. The van der Waals surface area contributed by atoms with Gasteiger partial charge in [-0.05, 0) is 47.5 Å². The third-order valence-electron chi connectivity index (χ3n) is 3.97. The van der Waals surface area contributed by atoms with Crippen LogP contribution in [0, 0.1) is 11.3 Å². The molecule has 0 aliphatic rings. The Morgan fingerprint density at radius 1 is 1.00 bits per heavy atom. The van der Waals surface area contributed by atoms with E-state index in [1.54, 1.807) is 24.4 Å². The molecule has 0 saturated heterocycles. The summed E-state index contributed by atoms with van der Waals surface area (Å²) in [7, 11) is 0. The molecule has 0 amide bonds. The summed E-state index contributed by atoms with van der Waals surface area (Å²) < 4.78 is 0. The number of hydrogen-bond acceptors (Lipinski definition) is 5. The molecule has 0 unspecified atom stereocenters. The summed E-state index contributed by atoms with van der Waals surface area (Å²) in [6.45, 7) is 0. The normalized spacial score (nSPS) is 10.4. The van der Waals surface area contributed by atoms with E-state index in [1.165, 1.54) is 0 Å². The molecule has 6 nitrogen and oxygen atoms in total. The average Bonchev–Trinajstić information content (AvgIpc) is 2.68. The van der Waals surface area contributed by atoms with E-state index >= 15 is 0 Å². The van der Waals surface area contributed by atoms with Crippen LogP contribution >= 0.6 is 0 Å². The number of hydrogen-bond donors (Lipinski definition) is 2. The molecule has 26 heavy (non-hydrogen) atoms. The number of aromatic nitrogens is 3. The first-order valence-corrected chi connectivity index (χ1v) is 7.95. The highest BCUT2D eigenvalue weighted by atomic mass is 16.1. The SMILES string of the molecule is N#Cc1ccc(-c2cccc(Nc3[nH]c(=O)nc4ncccc34)c2)cc1. The summed E-state index contributed by atoms with van der Waals surface area (Å²) in [6.07, 6.45) is 1.60. The van der Waals surface area contributed by atoms with Gasteiger partial charge in [-0.3, -0.25) is 4.98 Å². The molecule has 0 atom stereocenters. The molecule has 2 N–H and O–H groups in total. The number of nitrogens with one attached hydrogen (secondary N) is 2. The summed E-state index contributed by atoms with van der Waals surface area (Å²) in [6, 6.07) is 20.9. The number of benzene rings is 2. The van der Waals surface area contributed by atoms with Crippen molar-refractivity contribution in [3.8, 4) is 17.2 Å². The van der Waals surface area contributed by atoms with Crippen molar-refractivity contribution in [1.29, 1.82) is 5.26 Å². The second kappa shape index (κ2) is 6.49. The Labute approximate surface area is 148 Å². The molecule has 0 spiro atoms. The molecule has 0 radical (unpaired) electrons. The molecule has 2 aromatic heterocycles. The number of pyridine rings is 1. The molecule has 0 aliphatic heterocycles. The lowest BCUT2D eigenvalue weighted by atomic mass is 10.0. The van der Waals surface area contributed by atoms with Crippen molar-refractivity contribution in [2.45, 2.75) is 0 Å². The third kappa shape index (κ3) is 3.01. The standard InChI is InChI=1S/C20H13N5O/c21-12-13-6-8-14(9-7-13)15-3-1-4-16(11-15)23-19-17-5-2-10-22-18(17)24-20(26)25-19/h1-11H,(H2,22,23,24,25,26). The topological polar surface area (TPSA) is 94.5 Å². The van der Waals surface area contributed by atoms with Crippen LogP contribution in [0.15, 0.2) is 71.7 Å². The van der Waals surface area contributed by atoms with Gasteiger partial charge in [0.05, 0.1) is 17.0 Å². The molecule has 0 aliphatic carbocycles. The maximum atomic E-state index is 11.8. The van der Waals surface area contributed by atoms with Gasteiger partial charge in [-0.1, -0.05) is 24.3 Å². The minimum absolute atomic E-state index is 0.391. The van der Waals surface area contributed by atoms with E-state index in [0.29, 0.717) is 17.0 Å². The molecule has 4 aromatic rings. The van der Waals surface area contributed by atoms with Gasteiger partial charge in [-0.15, -0.1) is 0 Å². The van der Waals surface area contributed by atoms with Crippen molar-refractivity contribution in [3.05, 3.63) is 82.9 Å². The highest BCUT2D eigenvalue weighted by Crippen LogP contribution is 2.26. The zero-order valence-corrected chi connectivity index (χ0v) is 13.6. The highest BCUT2D eigenvalue weighted by molar-refractivity contribution is 5.88.